The second kappa shape index (κ2) is 4.00. The van der Waals surface area contributed by atoms with Gasteiger partial charge in [0.15, 0.2) is 5.82 Å². The van der Waals surface area contributed by atoms with Gasteiger partial charge in [-0.2, -0.15) is 0 Å². The van der Waals surface area contributed by atoms with Gasteiger partial charge < -0.3 is 4.74 Å². The largest absolute Gasteiger partial charge is 0.377 e. The van der Waals surface area contributed by atoms with E-state index in [4.69, 9.17) is 4.74 Å². The van der Waals surface area contributed by atoms with Gasteiger partial charge in [-0.05, 0) is 26.8 Å². The van der Waals surface area contributed by atoms with Crippen molar-refractivity contribution >= 4 is 0 Å². The number of halogens is 1. The summed E-state index contributed by atoms with van der Waals surface area (Å²) < 4.78 is 18.5. The second-order valence-corrected chi connectivity index (χ2v) is 3.72. The highest BCUT2D eigenvalue weighted by molar-refractivity contribution is 5.15. The molecule has 0 aliphatic carbocycles. The van der Waals surface area contributed by atoms with E-state index in [0.717, 1.165) is 5.69 Å². The molecule has 4 heteroatoms. The number of aryl methyl sites for hydroxylation is 1. The Labute approximate surface area is 83.3 Å². The molecule has 1 aromatic rings. The number of hydrogen-bond donors (Lipinski definition) is 0. The van der Waals surface area contributed by atoms with E-state index in [0.29, 0.717) is 18.1 Å². The summed E-state index contributed by atoms with van der Waals surface area (Å²) >= 11 is 0. The number of rotatable bonds is 3. The van der Waals surface area contributed by atoms with Crippen LogP contribution in [0.1, 0.15) is 31.1 Å². The lowest BCUT2D eigenvalue weighted by Crippen LogP contribution is -2.14. The zero-order chi connectivity index (χ0) is 10.8. The fourth-order valence-electron chi connectivity index (χ4n) is 1.13. The van der Waals surface area contributed by atoms with Crippen LogP contribution in [0.15, 0.2) is 6.07 Å². The Morgan fingerprint density at radius 2 is 2.07 bits per heavy atom. The standard InChI is InChI=1S/C10H15FN2O/c1-7-5-8(10(2,3)11)13-9(12-7)6-14-4/h5H,6H2,1-4H3. The maximum absolute atomic E-state index is 13.6. The molecule has 0 N–H and O–H groups in total. The topological polar surface area (TPSA) is 35.0 Å². The maximum Gasteiger partial charge on any atom is 0.154 e. The molecule has 0 saturated carbocycles. The van der Waals surface area contributed by atoms with Crippen LogP contribution < -0.4 is 0 Å². The Morgan fingerprint density at radius 3 is 2.57 bits per heavy atom. The van der Waals surface area contributed by atoms with Gasteiger partial charge in [-0.3, -0.25) is 0 Å². The van der Waals surface area contributed by atoms with E-state index in [1.807, 2.05) is 6.92 Å². The van der Waals surface area contributed by atoms with Crippen LogP contribution in [-0.2, 0) is 17.0 Å². The molecule has 0 atom stereocenters. The maximum atomic E-state index is 13.6. The summed E-state index contributed by atoms with van der Waals surface area (Å²) in [6.07, 6.45) is 0. The van der Waals surface area contributed by atoms with Crippen molar-refractivity contribution in [3.8, 4) is 0 Å². The first-order chi connectivity index (χ1) is 6.43. The van der Waals surface area contributed by atoms with Crippen LogP contribution in [-0.4, -0.2) is 17.1 Å². The van der Waals surface area contributed by atoms with Crippen molar-refractivity contribution in [1.29, 1.82) is 0 Å². The molecule has 14 heavy (non-hydrogen) atoms. The minimum atomic E-state index is -1.43. The molecule has 0 aromatic carbocycles. The Morgan fingerprint density at radius 1 is 1.43 bits per heavy atom. The Hall–Kier alpha value is -1.03. The molecule has 3 nitrogen and oxygen atoms in total. The number of ether oxygens (including phenoxy) is 1. The first-order valence-corrected chi connectivity index (χ1v) is 4.46. The van der Waals surface area contributed by atoms with Crippen LogP contribution in [0.4, 0.5) is 4.39 Å². The highest BCUT2D eigenvalue weighted by Crippen LogP contribution is 2.22. The van der Waals surface area contributed by atoms with Crippen molar-refractivity contribution < 1.29 is 9.13 Å². The zero-order valence-electron chi connectivity index (χ0n) is 8.97. The third-order valence-electron chi connectivity index (χ3n) is 1.78. The molecule has 0 aliphatic heterocycles. The second-order valence-electron chi connectivity index (χ2n) is 3.72. The summed E-state index contributed by atoms with van der Waals surface area (Å²) in [5.74, 6) is 0.522. The van der Waals surface area contributed by atoms with Crippen LogP contribution in [0.25, 0.3) is 0 Å². The molecule has 0 saturated heterocycles. The number of hydrogen-bond acceptors (Lipinski definition) is 3. The highest BCUT2D eigenvalue weighted by Gasteiger charge is 2.21. The van der Waals surface area contributed by atoms with E-state index in [1.54, 1.807) is 13.2 Å². The summed E-state index contributed by atoms with van der Waals surface area (Å²) in [4.78, 5) is 8.22. The molecule has 0 fully saturated rings. The summed E-state index contributed by atoms with van der Waals surface area (Å²) in [6, 6.07) is 1.65. The molecule has 0 bridgehead atoms. The Kier molecular flexibility index (Phi) is 3.16. The number of nitrogens with zero attached hydrogens (tertiary/aromatic N) is 2. The van der Waals surface area contributed by atoms with Gasteiger partial charge in [0.05, 0.1) is 5.69 Å². The predicted octanol–water partition coefficient (Wildman–Crippen LogP) is 2.14. The Bertz CT molecular complexity index is 320. The van der Waals surface area contributed by atoms with Gasteiger partial charge in [-0.1, -0.05) is 0 Å². The fraction of sp³-hybridized carbons (Fsp3) is 0.600. The molecule has 78 valence electrons. The zero-order valence-corrected chi connectivity index (χ0v) is 8.97. The van der Waals surface area contributed by atoms with E-state index in [-0.39, 0.29) is 0 Å². The minimum Gasteiger partial charge on any atom is -0.377 e. The van der Waals surface area contributed by atoms with Crippen molar-refractivity contribution in [2.45, 2.75) is 33.0 Å². The molecule has 0 spiro atoms. The first-order valence-electron chi connectivity index (χ1n) is 4.46. The van der Waals surface area contributed by atoms with E-state index >= 15 is 0 Å². The lowest BCUT2D eigenvalue weighted by Gasteiger charge is -2.14. The van der Waals surface area contributed by atoms with E-state index < -0.39 is 5.67 Å². The SMILES string of the molecule is COCc1nc(C)cc(C(C)(C)F)n1. The minimum absolute atomic E-state index is 0.310. The smallest absolute Gasteiger partial charge is 0.154 e. The number of aromatic nitrogens is 2. The predicted molar refractivity (Wildman–Crippen MR) is 51.6 cm³/mol. The van der Waals surface area contributed by atoms with Crippen LogP contribution in [0.3, 0.4) is 0 Å². The fourth-order valence-corrected chi connectivity index (χ4v) is 1.13. The Balaban J connectivity index is 3.07. The molecule has 1 rings (SSSR count). The van der Waals surface area contributed by atoms with Crippen LogP contribution in [0.2, 0.25) is 0 Å². The van der Waals surface area contributed by atoms with Gasteiger partial charge in [0, 0.05) is 12.8 Å². The first kappa shape index (κ1) is 11.0. The quantitative estimate of drug-likeness (QED) is 0.746. The molecule has 0 radical (unpaired) electrons. The molecule has 1 aromatic heterocycles. The third-order valence-corrected chi connectivity index (χ3v) is 1.78. The monoisotopic (exact) mass is 198 g/mol. The summed E-state index contributed by atoms with van der Waals surface area (Å²) in [6.45, 7) is 5.08. The van der Waals surface area contributed by atoms with E-state index in [2.05, 4.69) is 9.97 Å². The average molecular weight is 198 g/mol. The average Bonchev–Trinajstić information content (AvgIpc) is 2.02. The van der Waals surface area contributed by atoms with Gasteiger partial charge >= 0.3 is 0 Å². The molecule has 0 unspecified atom stereocenters. The lowest BCUT2D eigenvalue weighted by atomic mass is 10.1. The van der Waals surface area contributed by atoms with Crippen LogP contribution in [0, 0.1) is 6.92 Å². The number of methoxy groups -OCH3 is 1. The molecule has 0 amide bonds. The van der Waals surface area contributed by atoms with Crippen molar-refractivity contribution in [3.05, 3.63) is 23.3 Å². The summed E-state index contributed by atoms with van der Waals surface area (Å²) in [7, 11) is 1.56. The normalized spacial score (nSPS) is 11.8. The van der Waals surface area contributed by atoms with Crippen molar-refractivity contribution in [2.75, 3.05) is 7.11 Å². The molecular formula is C10H15FN2O. The molecule has 0 aliphatic rings. The molecular weight excluding hydrogens is 183 g/mol. The van der Waals surface area contributed by atoms with Gasteiger partial charge in [-0.15, -0.1) is 0 Å². The summed E-state index contributed by atoms with van der Waals surface area (Å²) in [5, 5.41) is 0. The van der Waals surface area contributed by atoms with Gasteiger partial charge in [0.1, 0.15) is 12.3 Å². The third kappa shape index (κ3) is 2.73. The van der Waals surface area contributed by atoms with Crippen LogP contribution in [0.5, 0.6) is 0 Å². The van der Waals surface area contributed by atoms with E-state index in [1.165, 1.54) is 13.8 Å². The van der Waals surface area contributed by atoms with Gasteiger partial charge in [0.25, 0.3) is 0 Å². The van der Waals surface area contributed by atoms with Gasteiger partial charge in [0.2, 0.25) is 0 Å². The summed E-state index contributed by atoms with van der Waals surface area (Å²) in [5.41, 5.74) is -0.277. The number of alkyl halides is 1. The van der Waals surface area contributed by atoms with Gasteiger partial charge in [-0.25, -0.2) is 14.4 Å². The van der Waals surface area contributed by atoms with Crippen molar-refractivity contribution in [1.82, 2.24) is 9.97 Å². The van der Waals surface area contributed by atoms with Crippen LogP contribution >= 0.6 is 0 Å². The lowest BCUT2D eigenvalue weighted by molar-refractivity contribution is 0.173. The van der Waals surface area contributed by atoms with Crippen molar-refractivity contribution in [3.63, 3.8) is 0 Å². The van der Waals surface area contributed by atoms with E-state index in [9.17, 15) is 4.39 Å². The highest BCUT2D eigenvalue weighted by atomic mass is 19.1. The van der Waals surface area contributed by atoms with Crippen molar-refractivity contribution in [2.24, 2.45) is 0 Å². The molecule has 1 heterocycles.